The molecule has 0 radical (unpaired) electrons. The van der Waals surface area contributed by atoms with E-state index in [1.165, 1.54) is 11.7 Å². The van der Waals surface area contributed by atoms with Crippen molar-refractivity contribution in [3.05, 3.63) is 11.7 Å². The lowest BCUT2D eigenvalue weighted by atomic mass is 10.2. The molecule has 0 aliphatic carbocycles. The molecule has 1 aromatic heterocycles. The fourth-order valence-corrected chi connectivity index (χ4v) is 2.74. The molecule has 0 amide bonds. The summed E-state index contributed by atoms with van der Waals surface area (Å²) in [4.78, 5) is 3.71. The molecule has 74 valence electrons. The van der Waals surface area contributed by atoms with E-state index in [1.807, 2.05) is 13.8 Å². The second-order valence-electron chi connectivity index (χ2n) is 3.07. The van der Waals surface area contributed by atoms with Gasteiger partial charge in [0.15, 0.2) is 4.21 Å². The van der Waals surface area contributed by atoms with Gasteiger partial charge in [-0.05, 0) is 5.92 Å². The van der Waals surface area contributed by atoms with Gasteiger partial charge in [0.25, 0.3) is 10.0 Å². The summed E-state index contributed by atoms with van der Waals surface area (Å²) in [5.74, 6) is 0.308. The fraction of sp³-hybridized carbons (Fsp3) is 0.571. The molecule has 1 N–H and O–H groups in total. The van der Waals surface area contributed by atoms with Crippen LogP contribution in [0.4, 0.5) is 0 Å². The lowest BCUT2D eigenvalue weighted by Crippen LogP contribution is -2.26. The molecule has 0 aliphatic heterocycles. The minimum Gasteiger partial charge on any atom is -0.252 e. The average Bonchev–Trinajstić information content (AvgIpc) is 2.53. The Hall–Kier alpha value is -0.460. The highest BCUT2D eigenvalue weighted by Gasteiger charge is 2.15. The second-order valence-corrected chi connectivity index (χ2v) is 5.95. The van der Waals surface area contributed by atoms with Crippen LogP contribution >= 0.6 is 11.3 Å². The Morgan fingerprint density at radius 1 is 1.62 bits per heavy atom. The predicted molar refractivity (Wildman–Crippen MR) is 52.1 cm³/mol. The van der Waals surface area contributed by atoms with Gasteiger partial charge in [0, 0.05) is 6.54 Å². The molecule has 0 saturated heterocycles. The summed E-state index contributed by atoms with van der Waals surface area (Å²) in [6.07, 6.45) is 1.35. The number of hydrogen-bond donors (Lipinski definition) is 1. The van der Waals surface area contributed by atoms with Crippen molar-refractivity contribution < 1.29 is 8.42 Å². The first-order chi connectivity index (χ1) is 6.02. The van der Waals surface area contributed by atoms with Crippen LogP contribution in [0.2, 0.25) is 0 Å². The minimum absolute atomic E-state index is 0.271. The van der Waals surface area contributed by atoms with Crippen LogP contribution in [0.3, 0.4) is 0 Å². The third kappa shape index (κ3) is 3.06. The molecule has 4 nitrogen and oxygen atoms in total. The molecule has 0 fully saturated rings. The van der Waals surface area contributed by atoms with Crippen molar-refractivity contribution in [3.8, 4) is 0 Å². The van der Waals surface area contributed by atoms with E-state index >= 15 is 0 Å². The molecule has 0 atom stereocenters. The molecule has 0 aromatic carbocycles. The molecule has 1 aromatic rings. The summed E-state index contributed by atoms with van der Waals surface area (Å²) in [6.45, 7) is 4.37. The summed E-state index contributed by atoms with van der Waals surface area (Å²) in [5.41, 5.74) is 1.50. The summed E-state index contributed by atoms with van der Waals surface area (Å²) in [5, 5.41) is 0. The Kier molecular flexibility index (Phi) is 3.40. The van der Waals surface area contributed by atoms with Crippen molar-refractivity contribution in [1.29, 1.82) is 0 Å². The molecule has 6 heteroatoms. The van der Waals surface area contributed by atoms with Gasteiger partial charge in [-0.3, -0.25) is 4.98 Å². The maximum atomic E-state index is 11.5. The highest BCUT2D eigenvalue weighted by Crippen LogP contribution is 2.12. The quantitative estimate of drug-likeness (QED) is 0.826. The molecule has 0 saturated carbocycles. The maximum absolute atomic E-state index is 11.5. The molecule has 1 rings (SSSR count). The Morgan fingerprint density at radius 3 is 2.77 bits per heavy atom. The molecular weight excluding hydrogens is 208 g/mol. The van der Waals surface area contributed by atoms with Crippen molar-refractivity contribution >= 4 is 21.4 Å². The van der Waals surface area contributed by atoms with Crippen molar-refractivity contribution in [3.63, 3.8) is 0 Å². The van der Waals surface area contributed by atoms with Crippen LogP contribution in [0.15, 0.2) is 15.9 Å². The normalized spacial score (nSPS) is 12.2. The molecule has 0 bridgehead atoms. The Bertz CT molecular complexity index is 343. The largest absolute Gasteiger partial charge is 0.252 e. The van der Waals surface area contributed by atoms with Gasteiger partial charge in [-0.15, -0.1) is 11.3 Å². The van der Waals surface area contributed by atoms with E-state index in [0.717, 1.165) is 11.3 Å². The van der Waals surface area contributed by atoms with Gasteiger partial charge in [0.05, 0.1) is 11.7 Å². The van der Waals surface area contributed by atoms with Crippen LogP contribution < -0.4 is 4.72 Å². The van der Waals surface area contributed by atoms with E-state index in [-0.39, 0.29) is 4.21 Å². The SMILES string of the molecule is CC(C)CNS(=O)(=O)c1cncs1. The van der Waals surface area contributed by atoms with E-state index in [2.05, 4.69) is 9.71 Å². The Balaban J connectivity index is 2.68. The van der Waals surface area contributed by atoms with Gasteiger partial charge in [0.2, 0.25) is 0 Å². The first-order valence-corrected chi connectivity index (χ1v) is 6.27. The molecule has 0 aliphatic rings. The maximum Gasteiger partial charge on any atom is 0.251 e. The fourth-order valence-electron chi connectivity index (χ4n) is 0.684. The second kappa shape index (κ2) is 4.17. The van der Waals surface area contributed by atoms with Crippen LogP contribution in [0.25, 0.3) is 0 Å². The highest BCUT2D eigenvalue weighted by molar-refractivity contribution is 7.91. The van der Waals surface area contributed by atoms with E-state index in [1.54, 1.807) is 0 Å². The summed E-state index contributed by atoms with van der Waals surface area (Å²) >= 11 is 1.12. The van der Waals surface area contributed by atoms with Crippen LogP contribution in [0.5, 0.6) is 0 Å². The lowest BCUT2D eigenvalue weighted by molar-refractivity contribution is 0.562. The first-order valence-electron chi connectivity index (χ1n) is 3.90. The lowest BCUT2D eigenvalue weighted by Gasteiger charge is -2.05. The number of nitrogens with one attached hydrogen (secondary N) is 1. The molecular formula is C7H12N2O2S2. The number of thiazole rings is 1. The van der Waals surface area contributed by atoms with E-state index < -0.39 is 10.0 Å². The van der Waals surface area contributed by atoms with Gasteiger partial charge in [-0.1, -0.05) is 13.8 Å². The standard InChI is InChI=1S/C7H12N2O2S2/c1-6(2)3-9-13(10,11)7-4-8-5-12-7/h4-6,9H,3H2,1-2H3. The van der Waals surface area contributed by atoms with Gasteiger partial charge in [-0.25, -0.2) is 13.1 Å². The van der Waals surface area contributed by atoms with Crippen LogP contribution in [-0.2, 0) is 10.0 Å². The predicted octanol–water partition coefficient (Wildman–Crippen LogP) is 1.08. The summed E-state index contributed by atoms with van der Waals surface area (Å²) in [6, 6.07) is 0. The van der Waals surface area contributed by atoms with Crippen molar-refractivity contribution in [2.24, 2.45) is 5.92 Å². The van der Waals surface area contributed by atoms with Crippen LogP contribution in [-0.4, -0.2) is 19.9 Å². The minimum atomic E-state index is -3.31. The molecule has 0 spiro atoms. The van der Waals surface area contributed by atoms with Crippen LogP contribution in [0.1, 0.15) is 13.8 Å². The number of hydrogen-bond acceptors (Lipinski definition) is 4. The first kappa shape index (κ1) is 10.6. The number of nitrogens with zero attached hydrogens (tertiary/aromatic N) is 1. The number of sulfonamides is 1. The summed E-state index contributed by atoms with van der Waals surface area (Å²) < 4.78 is 25.7. The number of rotatable bonds is 4. The van der Waals surface area contributed by atoms with Gasteiger partial charge in [0.1, 0.15) is 0 Å². The average molecular weight is 220 g/mol. The summed E-state index contributed by atoms with van der Waals surface area (Å²) in [7, 11) is -3.31. The third-order valence-corrected chi connectivity index (χ3v) is 4.05. The molecule has 0 unspecified atom stereocenters. The van der Waals surface area contributed by atoms with E-state index in [4.69, 9.17) is 0 Å². The van der Waals surface area contributed by atoms with Gasteiger partial charge < -0.3 is 0 Å². The third-order valence-electron chi connectivity index (χ3n) is 1.36. The topological polar surface area (TPSA) is 59.1 Å². The highest BCUT2D eigenvalue weighted by atomic mass is 32.2. The van der Waals surface area contributed by atoms with Crippen molar-refractivity contribution in [2.75, 3.05) is 6.54 Å². The van der Waals surface area contributed by atoms with E-state index in [0.29, 0.717) is 12.5 Å². The van der Waals surface area contributed by atoms with Gasteiger partial charge >= 0.3 is 0 Å². The Labute approximate surface area is 82.1 Å². The zero-order valence-electron chi connectivity index (χ0n) is 7.52. The molecule has 13 heavy (non-hydrogen) atoms. The zero-order chi connectivity index (χ0) is 9.90. The molecule has 1 heterocycles. The zero-order valence-corrected chi connectivity index (χ0v) is 9.15. The van der Waals surface area contributed by atoms with E-state index in [9.17, 15) is 8.42 Å². The van der Waals surface area contributed by atoms with Gasteiger partial charge in [-0.2, -0.15) is 0 Å². The van der Waals surface area contributed by atoms with Crippen molar-refractivity contribution in [2.45, 2.75) is 18.1 Å². The number of aromatic nitrogens is 1. The smallest absolute Gasteiger partial charge is 0.251 e. The van der Waals surface area contributed by atoms with Crippen LogP contribution in [0, 0.1) is 5.92 Å². The monoisotopic (exact) mass is 220 g/mol. The van der Waals surface area contributed by atoms with Crippen molar-refractivity contribution in [1.82, 2.24) is 9.71 Å². The Morgan fingerprint density at radius 2 is 2.31 bits per heavy atom.